The van der Waals surface area contributed by atoms with Crippen LogP contribution in [0.5, 0.6) is 0 Å². The first-order chi connectivity index (χ1) is 5.13. The minimum Gasteiger partial charge on any atom is -0.490 e. The van der Waals surface area contributed by atoms with Gasteiger partial charge in [-0.2, -0.15) is 0 Å². The van der Waals surface area contributed by atoms with Crippen LogP contribution in [-0.2, 0) is 9.22 Å². The van der Waals surface area contributed by atoms with E-state index in [0.717, 1.165) is 0 Å². The van der Waals surface area contributed by atoms with Crippen LogP contribution >= 0.6 is 22.2 Å². The molecule has 0 spiro atoms. The first-order valence-corrected chi connectivity index (χ1v) is 6.92. The van der Waals surface area contributed by atoms with Gasteiger partial charge in [-0.25, -0.2) is 0 Å². The van der Waals surface area contributed by atoms with Crippen molar-refractivity contribution in [1.29, 1.82) is 0 Å². The minimum atomic E-state index is -1.84. The van der Waals surface area contributed by atoms with Gasteiger partial charge >= 0.3 is 7.66 Å². The van der Waals surface area contributed by atoms with Gasteiger partial charge in [0.2, 0.25) is 0 Å². The van der Waals surface area contributed by atoms with Gasteiger partial charge in [-0.1, -0.05) is 47.8 Å². The molecule has 0 aromatic rings. The molecule has 1 aliphatic carbocycles. The molecule has 0 N–H and O–H groups in total. The summed E-state index contributed by atoms with van der Waals surface area (Å²) in [6.07, 6.45) is 6.00. The monoisotopic (exact) mass is 213 g/mol. The van der Waals surface area contributed by atoms with Crippen molar-refractivity contribution in [2.45, 2.75) is 32.6 Å². The van der Waals surface area contributed by atoms with E-state index in [0.29, 0.717) is 0 Å². The Bertz CT molecular complexity index is 111. The smallest absolute Gasteiger partial charge is 0.490 e. The topological polar surface area (TPSA) is 26.3 Å². The van der Waals surface area contributed by atoms with E-state index in [1.807, 2.05) is 0 Å². The van der Waals surface area contributed by atoms with Crippen molar-refractivity contribution < 1.29 is 9.22 Å². The van der Waals surface area contributed by atoms with Gasteiger partial charge in [0.25, 0.3) is 5.97 Å². The molecule has 65 valence electrons. The van der Waals surface area contributed by atoms with E-state index in [-0.39, 0.29) is 0 Å². The maximum absolute atomic E-state index is 9.89. The normalized spacial score (nSPS) is 14.5. The van der Waals surface area contributed by atoms with Crippen molar-refractivity contribution in [2.24, 2.45) is 0 Å². The van der Waals surface area contributed by atoms with Crippen molar-refractivity contribution in [2.75, 3.05) is 0 Å². The highest BCUT2D eigenvalue weighted by atomic mass is 35.7. The lowest BCUT2D eigenvalue weighted by atomic mass is 10.0. The van der Waals surface area contributed by atoms with Crippen LogP contribution in [0.4, 0.5) is 0 Å². The number of halogens is 2. The Balaban J connectivity index is 0.000000207. The molecule has 11 heavy (non-hydrogen) atoms. The van der Waals surface area contributed by atoms with E-state index in [1.54, 1.807) is 0 Å². The van der Waals surface area contributed by atoms with Crippen LogP contribution in [0.25, 0.3) is 0 Å². The molecular weight excluding hydrogens is 203 g/mol. The van der Waals surface area contributed by atoms with E-state index in [2.05, 4.69) is 4.43 Å². The predicted molar refractivity (Wildman–Crippen MR) is 47.7 cm³/mol. The Morgan fingerprint density at radius 2 is 1.64 bits per heavy atom. The summed E-state index contributed by atoms with van der Waals surface area (Å²) in [5.41, 5.74) is 0. The van der Waals surface area contributed by atoms with Crippen LogP contribution in [0.3, 0.4) is 0 Å². The molecule has 0 bridgehead atoms. The van der Waals surface area contributed by atoms with Gasteiger partial charge in [-0.3, -0.25) is 4.79 Å². The summed E-state index contributed by atoms with van der Waals surface area (Å²) < 4.78 is 4.24. The highest BCUT2D eigenvalue weighted by Gasteiger charge is 2.06. The lowest BCUT2D eigenvalue weighted by molar-refractivity contribution is -0.131. The fraction of sp³-hybridized carbons (Fsp3) is 0.833. The Morgan fingerprint density at radius 3 is 1.64 bits per heavy atom. The van der Waals surface area contributed by atoms with Crippen molar-refractivity contribution in [3.8, 4) is 0 Å². The van der Waals surface area contributed by atoms with Crippen molar-refractivity contribution >= 4 is 35.8 Å². The zero-order valence-electron chi connectivity index (χ0n) is 6.40. The van der Waals surface area contributed by atoms with E-state index < -0.39 is 13.6 Å². The number of hydrogen-bond acceptors (Lipinski definition) is 2. The summed E-state index contributed by atoms with van der Waals surface area (Å²) in [7, 11) is -1.84. The van der Waals surface area contributed by atoms with Crippen molar-refractivity contribution in [3.63, 3.8) is 0 Å². The molecule has 0 unspecified atom stereocenters. The van der Waals surface area contributed by atoms with Crippen LogP contribution in [0.15, 0.2) is 0 Å². The number of carbonyl (C=O) groups is 1. The standard InChI is InChI=1S/C4H8.C2H3Cl2O2Si/c1-2-4-3-1;1-2(5)6-7(3)4/h1-4H2;1H3. The molecule has 1 saturated carbocycles. The van der Waals surface area contributed by atoms with E-state index >= 15 is 0 Å². The van der Waals surface area contributed by atoms with Gasteiger partial charge in [0, 0.05) is 6.92 Å². The molecule has 1 fully saturated rings. The SMILES string of the molecule is C1CCC1.CC(=O)O[Si](Cl)Cl. The highest BCUT2D eigenvalue weighted by molar-refractivity contribution is 7.31. The van der Waals surface area contributed by atoms with Gasteiger partial charge in [0.15, 0.2) is 0 Å². The Hall–Kier alpha value is 0.267. The summed E-state index contributed by atoms with van der Waals surface area (Å²) in [4.78, 5) is 9.89. The molecule has 5 heteroatoms. The highest BCUT2D eigenvalue weighted by Crippen LogP contribution is 2.15. The largest absolute Gasteiger partial charge is 0.513 e. The molecule has 0 saturated heterocycles. The third-order valence-corrected chi connectivity index (χ3v) is 2.13. The van der Waals surface area contributed by atoms with Gasteiger partial charge < -0.3 is 4.43 Å². The number of rotatable bonds is 1. The average Bonchev–Trinajstić information content (AvgIpc) is 1.52. The third kappa shape index (κ3) is 10.3. The zero-order valence-corrected chi connectivity index (χ0v) is 8.91. The molecular formula is C6H11Cl2O2Si. The second kappa shape index (κ2) is 6.95. The summed E-state index contributed by atoms with van der Waals surface area (Å²) in [5, 5.41) is 0. The van der Waals surface area contributed by atoms with E-state index in [4.69, 9.17) is 22.2 Å². The Kier molecular flexibility index (Phi) is 7.11. The summed E-state index contributed by atoms with van der Waals surface area (Å²) >= 11 is 10.2. The minimum absolute atomic E-state index is 0.432. The molecule has 1 radical (unpaired) electrons. The number of carbonyl (C=O) groups excluding carboxylic acids is 1. The molecule has 0 amide bonds. The quantitative estimate of drug-likeness (QED) is 0.495. The lowest BCUT2D eigenvalue weighted by Gasteiger charge is -2.05. The van der Waals surface area contributed by atoms with Crippen LogP contribution in [0.2, 0.25) is 0 Å². The van der Waals surface area contributed by atoms with Gasteiger partial charge in [-0.05, 0) is 0 Å². The maximum atomic E-state index is 9.89. The van der Waals surface area contributed by atoms with Gasteiger partial charge in [0.05, 0.1) is 0 Å². The summed E-state index contributed by atoms with van der Waals surface area (Å²) in [5.74, 6) is -0.432. The first-order valence-electron chi connectivity index (χ1n) is 3.49. The van der Waals surface area contributed by atoms with E-state index in [1.165, 1.54) is 32.6 Å². The fourth-order valence-corrected chi connectivity index (χ4v) is 1.23. The first kappa shape index (κ1) is 11.3. The molecule has 1 rings (SSSR count). The zero-order chi connectivity index (χ0) is 8.69. The molecule has 0 aromatic heterocycles. The van der Waals surface area contributed by atoms with Crippen molar-refractivity contribution in [1.82, 2.24) is 0 Å². The Labute approximate surface area is 78.0 Å². The lowest BCUT2D eigenvalue weighted by Crippen LogP contribution is -2.06. The Morgan fingerprint density at radius 1 is 1.27 bits per heavy atom. The van der Waals surface area contributed by atoms with Gasteiger partial charge in [0.1, 0.15) is 0 Å². The van der Waals surface area contributed by atoms with Gasteiger partial charge in [-0.15, -0.1) is 0 Å². The summed E-state index contributed by atoms with van der Waals surface area (Å²) in [6.45, 7) is 1.26. The van der Waals surface area contributed by atoms with Crippen LogP contribution in [0.1, 0.15) is 32.6 Å². The van der Waals surface area contributed by atoms with Crippen molar-refractivity contribution in [3.05, 3.63) is 0 Å². The molecule has 1 aliphatic rings. The third-order valence-electron chi connectivity index (χ3n) is 1.22. The number of hydrogen-bond donors (Lipinski definition) is 0. The van der Waals surface area contributed by atoms with E-state index in [9.17, 15) is 4.79 Å². The molecule has 0 atom stereocenters. The second-order valence-electron chi connectivity index (χ2n) is 2.23. The van der Waals surface area contributed by atoms with Crippen LogP contribution in [-0.4, -0.2) is 13.6 Å². The summed E-state index contributed by atoms with van der Waals surface area (Å²) in [6, 6.07) is 0. The van der Waals surface area contributed by atoms with Crippen LogP contribution in [0, 0.1) is 0 Å². The molecule has 0 heterocycles. The fourth-order valence-electron chi connectivity index (χ4n) is 0.359. The molecule has 0 aromatic carbocycles. The predicted octanol–water partition coefficient (Wildman–Crippen LogP) is 2.57. The van der Waals surface area contributed by atoms with Crippen LogP contribution < -0.4 is 0 Å². The second-order valence-corrected chi connectivity index (χ2v) is 5.53. The molecule has 0 aliphatic heterocycles. The maximum Gasteiger partial charge on any atom is 0.513 e. The molecule has 2 nitrogen and oxygen atoms in total. The average molecular weight is 214 g/mol.